The molecule has 1 saturated carbocycles. The number of aliphatic hydroxyl groups is 1. The van der Waals surface area contributed by atoms with Crippen LogP contribution < -0.4 is 0 Å². The minimum absolute atomic E-state index is 0.177. The lowest BCUT2D eigenvalue weighted by atomic mass is 9.56. The van der Waals surface area contributed by atoms with Gasteiger partial charge in [0.15, 0.2) is 11.2 Å². The van der Waals surface area contributed by atoms with E-state index in [-0.39, 0.29) is 31.0 Å². The molecule has 0 bridgehead atoms. The molecular formula is C28H26F4N4O. The zero-order chi connectivity index (χ0) is 25.8. The highest BCUT2D eigenvalue weighted by molar-refractivity contribution is 5.78. The molecule has 1 aromatic carbocycles. The van der Waals surface area contributed by atoms with E-state index >= 15 is 0 Å². The van der Waals surface area contributed by atoms with Crippen LogP contribution in [0.15, 0.2) is 60.9 Å². The first kappa shape index (κ1) is 24.0. The van der Waals surface area contributed by atoms with Gasteiger partial charge in [-0.2, -0.15) is 18.3 Å². The van der Waals surface area contributed by atoms with Crippen LogP contribution in [0.25, 0.3) is 16.7 Å². The number of benzene rings is 1. The Morgan fingerprint density at radius 3 is 2.62 bits per heavy atom. The Morgan fingerprint density at radius 1 is 1.08 bits per heavy atom. The van der Waals surface area contributed by atoms with Crippen LogP contribution in [0, 0.1) is 11.7 Å². The molecule has 2 aliphatic rings. The molecule has 4 aromatic rings. The number of alkyl halides is 3. The number of pyridine rings is 2. The molecule has 0 spiro atoms. The van der Waals surface area contributed by atoms with Gasteiger partial charge in [-0.3, -0.25) is 4.98 Å². The summed E-state index contributed by atoms with van der Waals surface area (Å²) in [5.41, 5.74) is 0.534. The third-order valence-corrected chi connectivity index (χ3v) is 8.30. The summed E-state index contributed by atoms with van der Waals surface area (Å²) in [6, 6.07) is 13.6. The second kappa shape index (κ2) is 8.62. The minimum Gasteiger partial charge on any atom is -0.380 e. The maximum atomic E-state index is 13.9. The maximum absolute atomic E-state index is 13.9. The van der Waals surface area contributed by atoms with Crippen molar-refractivity contribution in [2.75, 3.05) is 0 Å². The largest absolute Gasteiger partial charge is 0.417 e. The Balaban J connectivity index is 1.50. The van der Waals surface area contributed by atoms with Gasteiger partial charge < -0.3 is 5.11 Å². The van der Waals surface area contributed by atoms with E-state index in [9.17, 15) is 22.7 Å². The number of rotatable bonds is 3. The highest BCUT2D eigenvalue weighted by atomic mass is 19.4. The van der Waals surface area contributed by atoms with E-state index < -0.39 is 17.2 Å². The van der Waals surface area contributed by atoms with Crippen LogP contribution in [-0.4, -0.2) is 36.6 Å². The van der Waals surface area contributed by atoms with Crippen molar-refractivity contribution >= 4 is 11.0 Å². The molecule has 0 aliphatic heterocycles. The molecule has 2 aliphatic carbocycles. The molecule has 3 atom stereocenters. The summed E-state index contributed by atoms with van der Waals surface area (Å²) in [4.78, 5) is 9.51. The zero-order valence-corrected chi connectivity index (χ0v) is 20.0. The summed E-state index contributed by atoms with van der Waals surface area (Å²) in [6.07, 6.45) is 0.483. The van der Waals surface area contributed by atoms with Crippen molar-refractivity contribution in [1.29, 1.82) is 0 Å². The van der Waals surface area contributed by atoms with Crippen molar-refractivity contribution in [3.63, 3.8) is 0 Å². The van der Waals surface area contributed by atoms with Crippen molar-refractivity contribution < 1.29 is 22.7 Å². The Kier molecular flexibility index (Phi) is 5.60. The number of aryl methyl sites for hydroxylation is 1. The normalized spacial score (nSPS) is 25.9. The topological polar surface area (TPSA) is 63.8 Å². The van der Waals surface area contributed by atoms with Gasteiger partial charge in [-0.15, -0.1) is 0 Å². The smallest absolute Gasteiger partial charge is 0.380 e. The van der Waals surface area contributed by atoms with Gasteiger partial charge in [-0.1, -0.05) is 6.07 Å². The summed E-state index contributed by atoms with van der Waals surface area (Å²) in [6.45, 7) is 0. The second-order valence-corrected chi connectivity index (χ2v) is 10.4. The summed E-state index contributed by atoms with van der Waals surface area (Å²) in [5.74, 6) is -0.733. The molecule has 1 N–H and O–H groups in total. The van der Waals surface area contributed by atoms with Crippen molar-refractivity contribution in [3.05, 3.63) is 83.7 Å². The van der Waals surface area contributed by atoms with Gasteiger partial charge in [-0.25, -0.2) is 14.1 Å². The average molecular weight is 511 g/mol. The van der Waals surface area contributed by atoms with E-state index in [0.29, 0.717) is 37.0 Å². The fraction of sp³-hybridized carbons (Fsp3) is 0.393. The number of hydrogen-bond acceptors (Lipinski definition) is 4. The molecule has 3 heterocycles. The van der Waals surface area contributed by atoms with Crippen molar-refractivity contribution in [3.8, 4) is 5.69 Å². The standard InChI is InChI=1S/C28H26F4N4O/c29-20-7-9-22(10-8-20)36-25-18(17-34-36)14-23-24(35-25)6-3-4-19-15-27(37,28(30,31)32)12-11-26(19,23)16-21-5-1-2-13-33-21/h1-2,5,7-10,13-14,17,19,37H,3-4,6,11-12,15-16H2. The SMILES string of the molecule is OC1(C(F)(F)F)CCC2(Cc3ccccn3)c3cc4cnn(-c5ccc(F)cc5)c4nc3CCCC2C1. The van der Waals surface area contributed by atoms with E-state index in [1.165, 1.54) is 12.1 Å². The second-order valence-electron chi connectivity index (χ2n) is 10.4. The first-order valence-electron chi connectivity index (χ1n) is 12.5. The Hall–Kier alpha value is -3.33. The average Bonchev–Trinajstić information content (AvgIpc) is 3.22. The molecule has 0 radical (unpaired) electrons. The van der Waals surface area contributed by atoms with Gasteiger partial charge >= 0.3 is 6.18 Å². The highest BCUT2D eigenvalue weighted by Gasteiger charge is 2.61. The van der Waals surface area contributed by atoms with Crippen LogP contribution in [0.4, 0.5) is 17.6 Å². The Bertz CT molecular complexity index is 1440. The Labute approximate surface area is 211 Å². The summed E-state index contributed by atoms with van der Waals surface area (Å²) in [5, 5.41) is 15.9. The number of hydrogen-bond donors (Lipinski definition) is 1. The summed E-state index contributed by atoms with van der Waals surface area (Å²) >= 11 is 0. The van der Waals surface area contributed by atoms with Gasteiger partial charge in [0, 0.05) is 28.4 Å². The minimum atomic E-state index is -4.68. The fourth-order valence-electron chi connectivity index (χ4n) is 6.39. The number of nitrogens with zero attached hydrogens (tertiary/aromatic N) is 4. The Morgan fingerprint density at radius 2 is 1.89 bits per heavy atom. The van der Waals surface area contributed by atoms with Crippen LogP contribution >= 0.6 is 0 Å². The lowest BCUT2D eigenvalue weighted by molar-refractivity contribution is -0.279. The van der Waals surface area contributed by atoms with Crippen molar-refractivity contribution in [2.24, 2.45) is 5.92 Å². The fourth-order valence-corrected chi connectivity index (χ4v) is 6.39. The van der Waals surface area contributed by atoms with E-state index in [1.54, 1.807) is 29.2 Å². The van der Waals surface area contributed by atoms with Gasteiger partial charge in [0.25, 0.3) is 0 Å². The molecule has 3 aromatic heterocycles. The van der Waals surface area contributed by atoms with Gasteiger partial charge in [0.05, 0.1) is 11.9 Å². The quantitative estimate of drug-likeness (QED) is 0.351. The maximum Gasteiger partial charge on any atom is 0.417 e. The van der Waals surface area contributed by atoms with Gasteiger partial charge in [0.1, 0.15) is 5.82 Å². The molecular weight excluding hydrogens is 484 g/mol. The lowest BCUT2D eigenvalue weighted by Gasteiger charge is -2.50. The molecule has 0 saturated heterocycles. The first-order valence-corrected chi connectivity index (χ1v) is 12.5. The highest BCUT2D eigenvalue weighted by Crippen LogP contribution is 2.56. The van der Waals surface area contributed by atoms with Crippen LogP contribution in [0.1, 0.15) is 49.1 Å². The van der Waals surface area contributed by atoms with Gasteiger partial charge in [-0.05, 0) is 98.9 Å². The molecule has 3 unspecified atom stereocenters. The van der Waals surface area contributed by atoms with E-state index in [0.717, 1.165) is 22.3 Å². The number of aromatic nitrogens is 4. The predicted octanol–water partition coefficient (Wildman–Crippen LogP) is 5.86. The van der Waals surface area contributed by atoms with Crippen LogP contribution in [-0.2, 0) is 18.3 Å². The molecule has 192 valence electrons. The molecule has 9 heteroatoms. The third kappa shape index (κ3) is 4.00. The van der Waals surface area contributed by atoms with Gasteiger partial charge in [0.2, 0.25) is 0 Å². The van der Waals surface area contributed by atoms with E-state index in [4.69, 9.17) is 4.98 Å². The summed E-state index contributed by atoms with van der Waals surface area (Å²) < 4.78 is 56.9. The van der Waals surface area contributed by atoms with Crippen LogP contribution in [0.5, 0.6) is 0 Å². The van der Waals surface area contributed by atoms with E-state index in [1.807, 2.05) is 24.3 Å². The zero-order valence-electron chi connectivity index (χ0n) is 20.0. The van der Waals surface area contributed by atoms with Crippen molar-refractivity contribution in [1.82, 2.24) is 19.7 Å². The molecule has 37 heavy (non-hydrogen) atoms. The predicted molar refractivity (Wildman–Crippen MR) is 130 cm³/mol. The van der Waals surface area contributed by atoms with E-state index in [2.05, 4.69) is 10.1 Å². The number of halogens is 4. The number of fused-ring (bicyclic) bond motifs is 4. The van der Waals surface area contributed by atoms with Crippen LogP contribution in [0.3, 0.4) is 0 Å². The third-order valence-electron chi connectivity index (χ3n) is 8.30. The summed E-state index contributed by atoms with van der Waals surface area (Å²) in [7, 11) is 0. The van der Waals surface area contributed by atoms with Crippen LogP contribution in [0.2, 0.25) is 0 Å². The molecule has 6 rings (SSSR count). The molecule has 0 amide bonds. The van der Waals surface area contributed by atoms with Crippen molar-refractivity contribution in [2.45, 2.75) is 62.1 Å². The molecule has 1 fully saturated rings. The monoisotopic (exact) mass is 510 g/mol. The molecule has 5 nitrogen and oxygen atoms in total. The lowest BCUT2D eigenvalue weighted by Crippen LogP contribution is -2.55. The first-order chi connectivity index (χ1) is 17.7.